The van der Waals surface area contributed by atoms with Crippen molar-refractivity contribution in [3.05, 3.63) is 89.0 Å². The number of ketones is 1. The van der Waals surface area contributed by atoms with Gasteiger partial charge in [-0.15, -0.1) is 0 Å². The van der Waals surface area contributed by atoms with E-state index in [-0.39, 0.29) is 11.8 Å². The first-order valence-electron chi connectivity index (χ1n) is 8.49. The van der Waals surface area contributed by atoms with Gasteiger partial charge < -0.3 is 9.47 Å². The Morgan fingerprint density at radius 1 is 1.12 bits per heavy atom. The zero-order chi connectivity index (χ0) is 18.5. The second-order valence-corrected chi connectivity index (χ2v) is 5.91. The lowest BCUT2D eigenvalue weighted by atomic mass is 9.97. The zero-order valence-corrected chi connectivity index (χ0v) is 14.8. The van der Waals surface area contributed by atoms with Gasteiger partial charge in [-0.3, -0.25) is 4.79 Å². The van der Waals surface area contributed by atoms with Gasteiger partial charge in [0.15, 0.2) is 11.9 Å². The van der Waals surface area contributed by atoms with Crippen LogP contribution in [0.2, 0.25) is 0 Å². The van der Waals surface area contributed by atoms with E-state index in [0.29, 0.717) is 23.3 Å². The molecule has 0 amide bonds. The van der Waals surface area contributed by atoms with E-state index < -0.39 is 6.10 Å². The summed E-state index contributed by atoms with van der Waals surface area (Å²) >= 11 is 0. The Hall–Kier alpha value is -3.14. The molecule has 0 saturated heterocycles. The van der Waals surface area contributed by atoms with Crippen molar-refractivity contribution in [3.8, 4) is 5.75 Å². The Morgan fingerprint density at radius 2 is 1.81 bits per heavy atom. The Bertz CT molecular complexity index is 861. The van der Waals surface area contributed by atoms with Crippen molar-refractivity contribution in [1.82, 2.24) is 0 Å². The van der Waals surface area contributed by atoms with Crippen molar-refractivity contribution in [2.24, 2.45) is 0 Å². The minimum absolute atomic E-state index is 0.137. The molecule has 0 saturated carbocycles. The summed E-state index contributed by atoms with van der Waals surface area (Å²) in [5.41, 5.74) is 2.80. The highest BCUT2D eigenvalue weighted by atomic mass is 16.5. The van der Waals surface area contributed by atoms with Gasteiger partial charge in [-0.05, 0) is 42.3 Å². The Kier molecular flexibility index (Phi) is 5.32. The molecule has 4 nitrogen and oxygen atoms in total. The van der Waals surface area contributed by atoms with Crippen LogP contribution in [0.15, 0.2) is 77.9 Å². The van der Waals surface area contributed by atoms with Gasteiger partial charge in [0.25, 0.3) is 0 Å². The van der Waals surface area contributed by atoms with Crippen LogP contribution in [0.1, 0.15) is 35.4 Å². The van der Waals surface area contributed by atoms with E-state index in [2.05, 4.69) is 0 Å². The molecule has 4 heteroatoms. The first-order chi connectivity index (χ1) is 12.6. The third kappa shape index (κ3) is 3.59. The molecule has 0 aliphatic carbocycles. The molecule has 1 atom stereocenters. The summed E-state index contributed by atoms with van der Waals surface area (Å²) in [7, 11) is 1.58. The predicted octanol–water partition coefficient (Wildman–Crippen LogP) is 4.44. The molecular weight excluding hydrogens is 328 g/mol. The fraction of sp³-hybridized carbons (Fsp3) is 0.182. The molecule has 0 bridgehead atoms. The third-order valence-electron chi connectivity index (χ3n) is 4.35. The van der Waals surface area contributed by atoms with Crippen LogP contribution in [-0.4, -0.2) is 18.9 Å². The normalized spacial score (nSPS) is 16.8. The van der Waals surface area contributed by atoms with Crippen molar-refractivity contribution < 1.29 is 19.1 Å². The second kappa shape index (κ2) is 7.83. The Labute approximate surface area is 152 Å². The van der Waals surface area contributed by atoms with Gasteiger partial charge in [0.1, 0.15) is 5.75 Å². The van der Waals surface area contributed by atoms with Crippen LogP contribution >= 0.6 is 0 Å². The number of benzene rings is 2. The fourth-order valence-corrected chi connectivity index (χ4v) is 2.95. The number of allylic oxidation sites excluding steroid dienone is 1. The van der Waals surface area contributed by atoms with Gasteiger partial charge in [0, 0.05) is 16.7 Å². The van der Waals surface area contributed by atoms with Crippen LogP contribution in [0, 0.1) is 0 Å². The molecule has 1 heterocycles. The topological polar surface area (TPSA) is 52.6 Å². The van der Waals surface area contributed by atoms with E-state index in [1.165, 1.54) is 6.08 Å². The summed E-state index contributed by atoms with van der Waals surface area (Å²) in [4.78, 5) is 24.6. The van der Waals surface area contributed by atoms with Crippen molar-refractivity contribution in [3.63, 3.8) is 0 Å². The van der Waals surface area contributed by atoms with Crippen molar-refractivity contribution in [1.29, 1.82) is 0 Å². The molecule has 1 unspecified atom stereocenters. The average Bonchev–Trinajstić information content (AvgIpc) is 3.02. The maximum atomic E-state index is 12.4. The lowest BCUT2D eigenvalue weighted by Gasteiger charge is -2.12. The zero-order valence-electron chi connectivity index (χ0n) is 14.8. The summed E-state index contributed by atoms with van der Waals surface area (Å²) < 4.78 is 10.6. The predicted molar refractivity (Wildman–Crippen MR) is 99.1 cm³/mol. The van der Waals surface area contributed by atoms with Gasteiger partial charge in [0.2, 0.25) is 0 Å². The summed E-state index contributed by atoms with van der Waals surface area (Å²) in [6.45, 7) is 1.91. The van der Waals surface area contributed by atoms with E-state index in [1.807, 2.05) is 37.3 Å². The second-order valence-electron chi connectivity index (χ2n) is 5.91. The van der Waals surface area contributed by atoms with Crippen LogP contribution in [0.4, 0.5) is 0 Å². The highest BCUT2D eigenvalue weighted by Gasteiger charge is 2.32. The summed E-state index contributed by atoms with van der Waals surface area (Å²) in [6.07, 6.45) is 3.27. The standard InChI is InChI=1S/C22H20O4/c1-3-18-19(21(26-22(18)24)16-7-5-4-6-8-16)13-14-20(23)15-9-11-17(25-2)12-10-15/h4-14,21H,3H2,1-2H3/b14-13+. The lowest BCUT2D eigenvalue weighted by molar-refractivity contribution is -0.140. The van der Waals surface area contributed by atoms with Crippen molar-refractivity contribution in [2.75, 3.05) is 7.11 Å². The molecular formula is C22H20O4. The molecule has 1 aliphatic rings. The highest BCUT2D eigenvalue weighted by Crippen LogP contribution is 2.37. The van der Waals surface area contributed by atoms with Crippen LogP contribution in [0.25, 0.3) is 0 Å². The van der Waals surface area contributed by atoms with E-state index in [0.717, 1.165) is 11.1 Å². The van der Waals surface area contributed by atoms with Gasteiger partial charge in [-0.2, -0.15) is 0 Å². The van der Waals surface area contributed by atoms with Gasteiger partial charge in [-0.1, -0.05) is 43.3 Å². The molecule has 26 heavy (non-hydrogen) atoms. The fourth-order valence-electron chi connectivity index (χ4n) is 2.95. The highest BCUT2D eigenvalue weighted by molar-refractivity contribution is 6.05. The number of carbonyl (C=O) groups excluding carboxylic acids is 2. The van der Waals surface area contributed by atoms with E-state index in [1.54, 1.807) is 37.5 Å². The van der Waals surface area contributed by atoms with E-state index in [4.69, 9.17) is 9.47 Å². The molecule has 132 valence electrons. The molecule has 2 aromatic carbocycles. The quantitative estimate of drug-likeness (QED) is 0.440. The van der Waals surface area contributed by atoms with Gasteiger partial charge >= 0.3 is 5.97 Å². The van der Waals surface area contributed by atoms with E-state index in [9.17, 15) is 9.59 Å². The van der Waals surface area contributed by atoms with Gasteiger partial charge in [-0.25, -0.2) is 4.79 Å². The summed E-state index contributed by atoms with van der Waals surface area (Å²) in [5, 5.41) is 0. The van der Waals surface area contributed by atoms with E-state index >= 15 is 0 Å². The first-order valence-corrected chi connectivity index (χ1v) is 8.49. The SMILES string of the molecule is CCC1=C(/C=C/C(=O)c2ccc(OC)cc2)C(c2ccccc2)OC1=O. The number of hydrogen-bond acceptors (Lipinski definition) is 4. The number of hydrogen-bond donors (Lipinski definition) is 0. The largest absolute Gasteiger partial charge is 0.497 e. The molecule has 0 spiro atoms. The van der Waals surface area contributed by atoms with Crippen LogP contribution < -0.4 is 4.74 Å². The summed E-state index contributed by atoms with van der Waals surface area (Å²) in [5.74, 6) is 0.236. The molecule has 1 aliphatic heterocycles. The molecule has 0 fully saturated rings. The van der Waals surface area contributed by atoms with Crippen molar-refractivity contribution >= 4 is 11.8 Å². The molecule has 2 aromatic rings. The molecule has 0 aromatic heterocycles. The number of cyclic esters (lactones) is 1. The average molecular weight is 348 g/mol. The smallest absolute Gasteiger partial charge is 0.335 e. The number of carbonyl (C=O) groups is 2. The van der Waals surface area contributed by atoms with Crippen LogP contribution in [0.5, 0.6) is 5.75 Å². The maximum Gasteiger partial charge on any atom is 0.335 e. The number of methoxy groups -OCH3 is 1. The Morgan fingerprint density at radius 3 is 2.42 bits per heavy atom. The van der Waals surface area contributed by atoms with Crippen LogP contribution in [-0.2, 0) is 9.53 Å². The summed E-state index contributed by atoms with van der Waals surface area (Å²) in [6, 6.07) is 16.4. The van der Waals surface area contributed by atoms with Crippen molar-refractivity contribution in [2.45, 2.75) is 19.4 Å². The third-order valence-corrected chi connectivity index (χ3v) is 4.35. The van der Waals surface area contributed by atoms with Gasteiger partial charge in [0.05, 0.1) is 7.11 Å². The number of esters is 1. The monoisotopic (exact) mass is 348 g/mol. The molecule has 3 rings (SSSR count). The number of ether oxygens (including phenoxy) is 2. The Balaban J connectivity index is 1.88. The minimum Gasteiger partial charge on any atom is -0.497 e. The lowest BCUT2D eigenvalue weighted by Crippen LogP contribution is -2.03. The molecule has 0 N–H and O–H groups in total. The first kappa shape index (κ1) is 17.7. The van der Waals surface area contributed by atoms with Crippen LogP contribution in [0.3, 0.4) is 0 Å². The number of rotatable bonds is 6. The minimum atomic E-state index is -0.474. The molecule has 0 radical (unpaired) electrons. The maximum absolute atomic E-state index is 12.4.